The van der Waals surface area contributed by atoms with E-state index in [1.165, 1.54) is 24.0 Å². The second-order valence-electron chi connectivity index (χ2n) is 8.32. The standard InChI is InChI=1S/C20H25BrO3/c1-19-7-6-15-14-5-3-13(22)10-12(14)2-4-16(15)17(19)11-18(21)20(19)23-8-9-24-20/h3,5,10,15-18,22H,2,4,6-9,11H2,1H3/t15?,16?,17?,18-,19+/m1/s1. The first kappa shape index (κ1) is 15.7. The summed E-state index contributed by atoms with van der Waals surface area (Å²) in [6.45, 7) is 3.86. The number of ether oxygens (including phenoxy) is 2. The van der Waals surface area contributed by atoms with Gasteiger partial charge in [-0.05, 0) is 73.1 Å². The van der Waals surface area contributed by atoms with E-state index in [1.54, 1.807) is 0 Å². The number of benzene rings is 1. The van der Waals surface area contributed by atoms with Crippen LogP contribution in [0.5, 0.6) is 5.75 Å². The molecule has 0 radical (unpaired) electrons. The maximum Gasteiger partial charge on any atom is 0.186 e. The number of rotatable bonds is 0. The third-order valence-electron chi connectivity index (χ3n) is 7.49. The average Bonchev–Trinajstić information content (AvgIpc) is 3.15. The summed E-state index contributed by atoms with van der Waals surface area (Å²) >= 11 is 3.92. The molecule has 1 heterocycles. The van der Waals surface area contributed by atoms with E-state index in [2.05, 4.69) is 28.9 Å². The molecule has 4 heteroatoms. The van der Waals surface area contributed by atoms with Crippen LogP contribution in [0.3, 0.4) is 0 Å². The van der Waals surface area contributed by atoms with Gasteiger partial charge in [0.25, 0.3) is 0 Å². The predicted molar refractivity (Wildman–Crippen MR) is 95.5 cm³/mol. The Morgan fingerprint density at radius 2 is 2.00 bits per heavy atom. The number of phenols is 1. The van der Waals surface area contributed by atoms with Gasteiger partial charge in [0.1, 0.15) is 5.75 Å². The maximum atomic E-state index is 9.81. The van der Waals surface area contributed by atoms with Crippen molar-refractivity contribution in [1.29, 1.82) is 0 Å². The molecule has 1 saturated heterocycles. The van der Waals surface area contributed by atoms with E-state index in [4.69, 9.17) is 9.47 Å². The van der Waals surface area contributed by atoms with E-state index >= 15 is 0 Å². The van der Waals surface area contributed by atoms with Crippen LogP contribution >= 0.6 is 15.9 Å². The van der Waals surface area contributed by atoms with Crippen molar-refractivity contribution in [2.24, 2.45) is 17.3 Å². The minimum Gasteiger partial charge on any atom is -0.508 e. The van der Waals surface area contributed by atoms with Crippen LogP contribution in [0.25, 0.3) is 0 Å². The highest BCUT2D eigenvalue weighted by Gasteiger charge is 2.68. The van der Waals surface area contributed by atoms with Crippen molar-refractivity contribution in [3.63, 3.8) is 0 Å². The van der Waals surface area contributed by atoms with Crippen molar-refractivity contribution in [1.82, 2.24) is 0 Å². The van der Waals surface area contributed by atoms with Crippen molar-refractivity contribution in [2.45, 2.75) is 55.6 Å². The van der Waals surface area contributed by atoms with Gasteiger partial charge in [0.05, 0.1) is 18.0 Å². The average molecular weight is 393 g/mol. The van der Waals surface area contributed by atoms with E-state index in [9.17, 15) is 5.11 Å². The lowest BCUT2D eigenvalue weighted by molar-refractivity contribution is -0.233. The fraction of sp³-hybridized carbons (Fsp3) is 0.700. The lowest BCUT2D eigenvalue weighted by atomic mass is 9.55. The van der Waals surface area contributed by atoms with Gasteiger partial charge in [-0.1, -0.05) is 28.9 Å². The lowest BCUT2D eigenvalue weighted by Crippen LogP contribution is -2.53. The largest absolute Gasteiger partial charge is 0.508 e. The number of phenolic OH excluding ortho intramolecular Hbond substituents is 1. The SMILES string of the molecule is C[C@]12CCC3c4ccc(O)cc4CCC3C1C[C@@H](Br)C21OCCO1. The van der Waals surface area contributed by atoms with E-state index < -0.39 is 5.79 Å². The summed E-state index contributed by atoms with van der Waals surface area (Å²) in [7, 11) is 0. The number of hydrogen-bond donors (Lipinski definition) is 1. The quantitative estimate of drug-likeness (QED) is 0.666. The van der Waals surface area contributed by atoms with Crippen LogP contribution in [0.15, 0.2) is 18.2 Å². The molecule has 1 aliphatic heterocycles. The highest BCUT2D eigenvalue weighted by atomic mass is 79.9. The molecule has 24 heavy (non-hydrogen) atoms. The summed E-state index contributed by atoms with van der Waals surface area (Å²) < 4.78 is 12.5. The smallest absolute Gasteiger partial charge is 0.186 e. The van der Waals surface area contributed by atoms with Crippen LogP contribution in [-0.4, -0.2) is 28.9 Å². The van der Waals surface area contributed by atoms with Crippen molar-refractivity contribution >= 4 is 15.9 Å². The van der Waals surface area contributed by atoms with Gasteiger partial charge in [-0.15, -0.1) is 0 Å². The Morgan fingerprint density at radius 3 is 2.79 bits per heavy atom. The summed E-state index contributed by atoms with van der Waals surface area (Å²) in [4.78, 5) is 0.294. The van der Waals surface area contributed by atoms with Crippen molar-refractivity contribution < 1.29 is 14.6 Å². The fourth-order valence-corrected chi connectivity index (χ4v) is 7.62. The molecule has 5 atom stereocenters. The molecule has 2 saturated carbocycles. The third kappa shape index (κ3) is 1.85. The normalized spacial score (nSPS) is 42.6. The van der Waals surface area contributed by atoms with E-state index in [1.807, 2.05) is 12.1 Å². The van der Waals surface area contributed by atoms with Crippen molar-refractivity contribution in [2.75, 3.05) is 13.2 Å². The second-order valence-corrected chi connectivity index (χ2v) is 9.43. The van der Waals surface area contributed by atoms with Gasteiger partial charge in [-0.3, -0.25) is 0 Å². The monoisotopic (exact) mass is 392 g/mol. The Hall–Kier alpha value is -0.580. The first-order valence-corrected chi connectivity index (χ1v) is 10.2. The molecule has 1 spiro atoms. The fourth-order valence-electron chi connectivity index (χ4n) is 6.43. The zero-order chi connectivity index (χ0) is 16.5. The number of alkyl halides is 1. The molecule has 0 amide bonds. The van der Waals surface area contributed by atoms with Gasteiger partial charge < -0.3 is 14.6 Å². The number of halogens is 1. The molecular formula is C20H25BrO3. The van der Waals surface area contributed by atoms with E-state index in [0.29, 0.717) is 28.3 Å². The highest BCUT2D eigenvalue weighted by Crippen LogP contribution is 2.67. The van der Waals surface area contributed by atoms with Crippen molar-refractivity contribution in [3.05, 3.63) is 29.3 Å². The number of aromatic hydroxyl groups is 1. The summed E-state index contributed by atoms with van der Waals surface area (Å²) in [5.41, 5.74) is 2.94. The Balaban J connectivity index is 1.53. The Bertz CT molecular complexity index is 669. The molecule has 5 rings (SSSR count). The Kier molecular flexibility index (Phi) is 3.40. The summed E-state index contributed by atoms with van der Waals surface area (Å²) in [5.74, 6) is 1.95. The molecule has 130 valence electrons. The van der Waals surface area contributed by atoms with E-state index in [0.717, 1.165) is 32.5 Å². The summed E-state index contributed by atoms with van der Waals surface area (Å²) in [6.07, 6.45) is 5.80. The Morgan fingerprint density at radius 1 is 1.21 bits per heavy atom. The molecule has 3 fully saturated rings. The molecule has 3 aliphatic carbocycles. The predicted octanol–water partition coefficient (Wildman–Crippen LogP) is 4.36. The van der Waals surface area contributed by atoms with Crippen LogP contribution < -0.4 is 0 Å². The molecule has 1 aromatic carbocycles. The highest BCUT2D eigenvalue weighted by molar-refractivity contribution is 9.09. The van der Waals surface area contributed by atoms with Crippen LogP contribution in [0.4, 0.5) is 0 Å². The zero-order valence-corrected chi connectivity index (χ0v) is 15.7. The molecule has 0 aromatic heterocycles. The Labute approximate surface area is 151 Å². The lowest BCUT2D eigenvalue weighted by Gasteiger charge is -2.52. The number of aryl methyl sites for hydroxylation is 1. The van der Waals surface area contributed by atoms with Crippen LogP contribution in [0.2, 0.25) is 0 Å². The molecule has 1 N–H and O–H groups in total. The summed E-state index contributed by atoms with van der Waals surface area (Å²) in [6, 6.07) is 6.01. The van der Waals surface area contributed by atoms with Gasteiger partial charge in [0, 0.05) is 5.41 Å². The van der Waals surface area contributed by atoms with E-state index in [-0.39, 0.29) is 5.41 Å². The molecule has 3 unspecified atom stereocenters. The molecule has 4 aliphatic rings. The minimum atomic E-state index is -0.419. The first-order chi connectivity index (χ1) is 11.6. The zero-order valence-electron chi connectivity index (χ0n) is 14.1. The molecular weight excluding hydrogens is 368 g/mol. The molecule has 3 nitrogen and oxygen atoms in total. The topological polar surface area (TPSA) is 38.7 Å². The maximum absolute atomic E-state index is 9.81. The van der Waals surface area contributed by atoms with Gasteiger partial charge in [-0.2, -0.15) is 0 Å². The van der Waals surface area contributed by atoms with Crippen LogP contribution in [0, 0.1) is 17.3 Å². The third-order valence-corrected chi connectivity index (χ3v) is 8.46. The number of fused-ring (bicyclic) bond motifs is 6. The van der Waals surface area contributed by atoms with Gasteiger partial charge >= 0.3 is 0 Å². The van der Waals surface area contributed by atoms with Gasteiger partial charge in [0.2, 0.25) is 0 Å². The second kappa shape index (κ2) is 5.21. The summed E-state index contributed by atoms with van der Waals surface area (Å²) in [5, 5.41) is 9.81. The minimum absolute atomic E-state index is 0.104. The van der Waals surface area contributed by atoms with Crippen molar-refractivity contribution in [3.8, 4) is 5.75 Å². The number of hydrogen-bond acceptors (Lipinski definition) is 3. The van der Waals surface area contributed by atoms with Crippen LogP contribution in [0.1, 0.15) is 49.7 Å². The van der Waals surface area contributed by atoms with Gasteiger partial charge in [-0.25, -0.2) is 0 Å². The first-order valence-electron chi connectivity index (χ1n) is 9.29. The molecule has 1 aromatic rings. The molecule has 0 bridgehead atoms. The van der Waals surface area contributed by atoms with Crippen LogP contribution in [-0.2, 0) is 15.9 Å². The van der Waals surface area contributed by atoms with Gasteiger partial charge in [0.15, 0.2) is 5.79 Å².